The summed E-state index contributed by atoms with van der Waals surface area (Å²) in [5.41, 5.74) is -0.560. The normalized spacial score (nSPS) is 23.3. The summed E-state index contributed by atoms with van der Waals surface area (Å²) in [6.45, 7) is 0.281. The molecule has 1 aliphatic carbocycles. The lowest BCUT2D eigenvalue weighted by Crippen LogP contribution is -2.51. The van der Waals surface area contributed by atoms with Gasteiger partial charge in [0.1, 0.15) is 11.6 Å². The molecule has 0 spiro atoms. The Labute approximate surface area is 161 Å². The second-order valence-corrected chi connectivity index (χ2v) is 7.70. The molecule has 2 atom stereocenters. The highest BCUT2D eigenvalue weighted by molar-refractivity contribution is 5.90. The second-order valence-electron chi connectivity index (χ2n) is 7.70. The fraction of sp³-hybridized carbons (Fsp3) is 0.364. The third kappa shape index (κ3) is 2.87. The van der Waals surface area contributed by atoms with Crippen LogP contribution in [0.1, 0.15) is 36.3 Å². The molecule has 0 aromatic heterocycles. The quantitative estimate of drug-likeness (QED) is 0.873. The number of carbonyl (C=O) groups is 2. The van der Waals surface area contributed by atoms with Crippen molar-refractivity contribution >= 4 is 11.9 Å². The molecule has 6 heteroatoms. The fourth-order valence-electron chi connectivity index (χ4n) is 4.62. The predicted octanol–water partition coefficient (Wildman–Crippen LogP) is 3.71. The fourth-order valence-corrected chi connectivity index (χ4v) is 4.62. The molecule has 2 fully saturated rings. The number of rotatable bonds is 4. The van der Waals surface area contributed by atoms with E-state index in [2.05, 4.69) is 0 Å². The van der Waals surface area contributed by atoms with E-state index in [9.17, 15) is 23.5 Å². The Morgan fingerprint density at radius 2 is 1.61 bits per heavy atom. The summed E-state index contributed by atoms with van der Waals surface area (Å²) >= 11 is 0. The van der Waals surface area contributed by atoms with Crippen LogP contribution in [-0.2, 0) is 15.0 Å². The van der Waals surface area contributed by atoms with Gasteiger partial charge in [0, 0.05) is 24.6 Å². The molecule has 1 N–H and O–H groups in total. The van der Waals surface area contributed by atoms with Gasteiger partial charge >= 0.3 is 5.97 Å². The van der Waals surface area contributed by atoms with E-state index in [0.29, 0.717) is 19.3 Å². The predicted molar refractivity (Wildman–Crippen MR) is 98.8 cm³/mol. The van der Waals surface area contributed by atoms with E-state index >= 15 is 0 Å². The zero-order chi connectivity index (χ0) is 19.9. The average molecular weight is 385 g/mol. The minimum Gasteiger partial charge on any atom is -0.481 e. The molecule has 28 heavy (non-hydrogen) atoms. The highest BCUT2D eigenvalue weighted by Gasteiger charge is 2.53. The lowest BCUT2D eigenvalue weighted by molar-refractivity contribution is -0.143. The van der Waals surface area contributed by atoms with Gasteiger partial charge in [-0.3, -0.25) is 9.59 Å². The first-order chi connectivity index (χ1) is 13.4. The number of hydrogen-bond donors (Lipinski definition) is 1. The molecule has 2 aromatic carbocycles. The Morgan fingerprint density at radius 3 is 2.14 bits per heavy atom. The van der Waals surface area contributed by atoms with Crippen molar-refractivity contribution in [2.45, 2.75) is 30.6 Å². The molecule has 1 saturated carbocycles. The molecule has 4 nitrogen and oxygen atoms in total. The van der Waals surface area contributed by atoms with Gasteiger partial charge < -0.3 is 10.0 Å². The van der Waals surface area contributed by atoms with Crippen LogP contribution in [-0.4, -0.2) is 35.0 Å². The Bertz CT molecular complexity index is 891. The van der Waals surface area contributed by atoms with Crippen molar-refractivity contribution in [3.63, 3.8) is 0 Å². The van der Waals surface area contributed by atoms with Gasteiger partial charge in [-0.05, 0) is 30.5 Å². The first-order valence-electron chi connectivity index (χ1n) is 9.45. The number of carboxylic acid groups (broad SMARTS) is 1. The Balaban J connectivity index is 1.67. The van der Waals surface area contributed by atoms with Crippen molar-refractivity contribution in [3.05, 3.63) is 71.3 Å². The number of hydrogen-bond acceptors (Lipinski definition) is 2. The molecular formula is C22H21F2NO3. The highest BCUT2D eigenvalue weighted by atomic mass is 19.1. The third-order valence-corrected chi connectivity index (χ3v) is 6.21. The number of nitrogens with zero attached hydrogens (tertiary/aromatic N) is 1. The Kier molecular flexibility index (Phi) is 4.65. The van der Waals surface area contributed by atoms with Gasteiger partial charge in [-0.1, -0.05) is 42.8 Å². The number of aliphatic carboxylic acids is 1. The number of carboxylic acids is 1. The van der Waals surface area contributed by atoms with Crippen LogP contribution in [0.4, 0.5) is 8.78 Å². The van der Waals surface area contributed by atoms with Crippen LogP contribution in [0.3, 0.4) is 0 Å². The smallest absolute Gasteiger partial charge is 0.308 e. The van der Waals surface area contributed by atoms with Gasteiger partial charge in [0.2, 0.25) is 5.91 Å². The van der Waals surface area contributed by atoms with Crippen LogP contribution in [0, 0.1) is 17.6 Å². The third-order valence-electron chi connectivity index (χ3n) is 6.21. The highest BCUT2D eigenvalue weighted by Crippen LogP contribution is 2.48. The molecule has 1 heterocycles. The minimum atomic E-state index is -1.23. The number of carbonyl (C=O) groups excluding carboxylic acids is 1. The van der Waals surface area contributed by atoms with Gasteiger partial charge in [0.05, 0.1) is 11.3 Å². The number of benzene rings is 2. The van der Waals surface area contributed by atoms with E-state index in [1.807, 2.05) is 30.3 Å². The molecule has 1 aliphatic heterocycles. The summed E-state index contributed by atoms with van der Waals surface area (Å²) in [7, 11) is 0. The maximum atomic E-state index is 14.5. The molecule has 2 unspecified atom stereocenters. The number of likely N-dealkylation sites (tertiary alicyclic amines) is 1. The SMILES string of the molecule is O=C(O)C1CN(C(=O)C2(c3c(F)cccc3F)CCC2)CC1c1ccccc1. The molecule has 1 amide bonds. The summed E-state index contributed by atoms with van der Waals surface area (Å²) in [5, 5.41) is 9.67. The van der Waals surface area contributed by atoms with Crippen molar-refractivity contribution in [1.29, 1.82) is 0 Å². The van der Waals surface area contributed by atoms with E-state index in [1.165, 1.54) is 23.1 Å². The summed E-state index contributed by atoms with van der Waals surface area (Å²) < 4.78 is 28.9. The van der Waals surface area contributed by atoms with Gasteiger partial charge in [-0.25, -0.2) is 8.78 Å². The van der Waals surface area contributed by atoms with Crippen molar-refractivity contribution in [2.75, 3.05) is 13.1 Å². The molecule has 4 rings (SSSR count). The zero-order valence-corrected chi connectivity index (χ0v) is 15.3. The van der Waals surface area contributed by atoms with Crippen molar-refractivity contribution < 1.29 is 23.5 Å². The van der Waals surface area contributed by atoms with Crippen LogP contribution < -0.4 is 0 Å². The summed E-state index contributed by atoms with van der Waals surface area (Å²) in [5.74, 6) is -3.86. The van der Waals surface area contributed by atoms with Crippen LogP contribution in [0.25, 0.3) is 0 Å². The van der Waals surface area contributed by atoms with E-state index in [-0.39, 0.29) is 30.5 Å². The summed E-state index contributed by atoms with van der Waals surface area (Å²) in [6, 6.07) is 12.8. The van der Waals surface area contributed by atoms with Crippen LogP contribution in [0.5, 0.6) is 0 Å². The van der Waals surface area contributed by atoms with Crippen molar-refractivity contribution in [1.82, 2.24) is 4.90 Å². The lowest BCUT2D eigenvalue weighted by atomic mass is 9.63. The monoisotopic (exact) mass is 385 g/mol. The molecule has 2 aromatic rings. The standard InChI is InChI=1S/C22H21F2NO3/c23-17-8-4-9-18(24)19(17)22(10-5-11-22)21(28)25-12-15(16(13-25)20(26)27)14-6-2-1-3-7-14/h1-4,6-9,15-16H,5,10-13H2,(H,26,27). The zero-order valence-electron chi connectivity index (χ0n) is 15.3. The van der Waals surface area contributed by atoms with E-state index < -0.39 is 28.9 Å². The second kappa shape index (κ2) is 7.00. The maximum Gasteiger partial charge on any atom is 0.308 e. The van der Waals surface area contributed by atoms with E-state index in [4.69, 9.17) is 0 Å². The Hall–Kier alpha value is -2.76. The van der Waals surface area contributed by atoms with Crippen LogP contribution in [0.15, 0.2) is 48.5 Å². The molecule has 1 saturated heterocycles. The van der Waals surface area contributed by atoms with Crippen molar-refractivity contribution in [2.24, 2.45) is 5.92 Å². The molecule has 146 valence electrons. The summed E-state index contributed by atoms with van der Waals surface area (Å²) in [6.07, 6.45) is 1.44. The maximum absolute atomic E-state index is 14.5. The van der Waals surface area contributed by atoms with E-state index in [1.54, 1.807) is 0 Å². The molecule has 0 bridgehead atoms. The van der Waals surface area contributed by atoms with Crippen LogP contribution >= 0.6 is 0 Å². The van der Waals surface area contributed by atoms with Crippen LogP contribution in [0.2, 0.25) is 0 Å². The minimum absolute atomic E-state index is 0.0472. The summed E-state index contributed by atoms with van der Waals surface area (Å²) in [4.78, 5) is 26.7. The number of amides is 1. The van der Waals surface area contributed by atoms with Gasteiger partial charge in [-0.15, -0.1) is 0 Å². The van der Waals surface area contributed by atoms with Gasteiger partial charge in [0.15, 0.2) is 0 Å². The van der Waals surface area contributed by atoms with Gasteiger partial charge in [0.25, 0.3) is 0 Å². The van der Waals surface area contributed by atoms with E-state index in [0.717, 1.165) is 5.56 Å². The first kappa shape index (κ1) is 18.6. The topological polar surface area (TPSA) is 57.6 Å². The number of halogens is 2. The molecular weight excluding hydrogens is 364 g/mol. The van der Waals surface area contributed by atoms with Crippen molar-refractivity contribution in [3.8, 4) is 0 Å². The van der Waals surface area contributed by atoms with Gasteiger partial charge in [-0.2, -0.15) is 0 Å². The first-order valence-corrected chi connectivity index (χ1v) is 9.45. The Morgan fingerprint density at radius 1 is 0.964 bits per heavy atom. The molecule has 2 aliphatic rings. The largest absolute Gasteiger partial charge is 0.481 e. The average Bonchev–Trinajstić information content (AvgIpc) is 3.09. The lowest BCUT2D eigenvalue weighted by Gasteiger charge is -2.43. The molecule has 0 radical (unpaired) electrons.